The average molecular weight is 507 g/mol. The van der Waals surface area contributed by atoms with Crippen molar-refractivity contribution < 1.29 is 24.2 Å². The molecule has 4 aromatic rings. The number of aromatic nitrogens is 3. The van der Waals surface area contributed by atoms with Crippen LogP contribution in [-0.2, 0) is 11.2 Å². The van der Waals surface area contributed by atoms with Crippen molar-refractivity contribution in [3.05, 3.63) is 81.8 Å². The molecule has 3 N–H and O–H groups in total. The van der Waals surface area contributed by atoms with Gasteiger partial charge in [-0.05, 0) is 49.6 Å². The fraction of sp³-hybridized carbons (Fsp3) is 0.333. The first-order valence-electron chi connectivity index (χ1n) is 12.1. The molecular weight excluding hydrogens is 476 g/mol. The molecule has 0 aliphatic carbocycles. The fourth-order valence-electron chi connectivity index (χ4n) is 4.27. The number of unbranched alkanes of at least 4 members (excludes halogenated alkanes) is 2. The summed E-state index contributed by atoms with van der Waals surface area (Å²) in [4.78, 5) is 25.1. The SMILES string of the molecule is COc1cc([C@H](CC(=O)NCCCCCc2nnc3ccccn23)c2oc(C)cc(=O)c2O)ccc1O. The first-order valence-corrected chi connectivity index (χ1v) is 12.1. The number of phenolic OH excluding ortho intramolecular Hbond substituents is 1. The molecule has 194 valence electrons. The highest BCUT2D eigenvalue weighted by Crippen LogP contribution is 2.37. The molecule has 0 aliphatic heterocycles. The number of benzene rings is 1. The number of fused-ring (bicyclic) bond motifs is 1. The van der Waals surface area contributed by atoms with Crippen LogP contribution in [0.4, 0.5) is 0 Å². The summed E-state index contributed by atoms with van der Waals surface area (Å²) in [5, 5.41) is 31.7. The topological polar surface area (TPSA) is 139 Å². The smallest absolute Gasteiger partial charge is 0.227 e. The third kappa shape index (κ3) is 6.08. The molecule has 0 radical (unpaired) electrons. The van der Waals surface area contributed by atoms with Gasteiger partial charge >= 0.3 is 0 Å². The molecule has 1 amide bonds. The number of phenols is 1. The molecule has 10 nitrogen and oxygen atoms in total. The number of rotatable bonds is 11. The lowest BCUT2D eigenvalue weighted by Gasteiger charge is -2.19. The molecule has 0 fully saturated rings. The molecule has 1 aromatic carbocycles. The van der Waals surface area contributed by atoms with E-state index in [2.05, 4.69) is 15.5 Å². The summed E-state index contributed by atoms with van der Waals surface area (Å²) in [6.45, 7) is 2.08. The molecule has 0 aliphatic rings. The van der Waals surface area contributed by atoms with E-state index in [-0.39, 0.29) is 29.6 Å². The predicted octanol–water partition coefficient (Wildman–Crippen LogP) is 3.46. The second-order valence-electron chi connectivity index (χ2n) is 8.83. The number of carbonyl (C=O) groups is 1. The van der Waals surface area contributed by atoms with Crippen LogP contribution in [0, 0.1) is 6.92 Å². The molecule has 0 spiro atoms. The minimum absolute atomic E-state index is 0.00609. The zero-order valence-electron chi connectivity index (χ0n) is 20.8. The second-order valence-corrected chi connectivity index (χ2v) is 8.83. The summed E-state index contributed by atoms with van der Waals surface area (Å²) in [5.41, 5.74) is 0.783. The Hall–Kier alpha value is -4.34. The van der Waals surface area contributed by atoms with Gasteiger partial charge < -0.3 is 24.7 Å². The van der Waals surface area contributed by atoms with Gasteiger partial charge in [0.1, 0.15) is 11.6 Å². The van der Waals surface area contributed by atoms with Crippen molar-refractivity contribution in [2.45, 2.75) is 44.9 Å². The number of aromatic hydroxyl groups is 2. The Morgan fingerprint density at radius 3 is 2.78 bits per heavy atom. The number of amides is 1. The van der Waals surface area contributed by atoms with E-state index in [0.29, 0.717) is 17.9 Å². The maximum Gasteiger partial charge on any atom is 0.227 e. The van der Waals surface area contributed by atoms with Crippen molar-refractivity contribution in [1.29, 1.82) is 0 Å². The Labute approximate surface area is 213 Å². The van der Waals surface area contributed by atoms with Gasteiger partial charge in [0, 0.05) is 31.6 Å². The van der Waals surface area contributed by atoms with Crippen LogP contribution in [-0.4, -0.2) is 44.4 Å². The second kappa shape index (κ2) is 11.6. The van der Waals surface area contributed by atoms with Crippen molar-refractivity contribution in [2.24, 2.45) is 0 Å². The molecule has 3 aromatic heterocycles. The van der Waals surface area contributed by atoms with Crippen LogP contribution in [0.5, 0.6) is 17.2 Å². The Morgan fingerprint density at radius 2 is 1.97 bits per heavy atom. The van der Waals surface area contributed by atoms with Crippen molar-refractivity contribution in [2.75, 3.05) is 13.7 Å². The number of methoxy groups -OCH3 is 1. The number of ether oxygens (including phenoxy) is 1. The molecule has 0 saturated carbocycles. The van der Waals surface area contributed by atoms with Crippen LogP contribution < -0.4 is 15.5 Å². The van der Waals surface area contributed by atoms with E-state index in [9.17, 15) is 19.8 Å². The first-order chi connectivity index (χ1) is 17.9. The number of pyridine rings is 1. The highest BCUT2D eigenvalue weighted by Gasteiger charge is 2.26. The van der Waals surface area contributed by atoms with Crippen LogP contribution in [0.25, 0.3) is 5.65 Å². The van der Waals surface area contributed by atoms with E-state index in [1.165, 1.54) is 19.2 Å². The minimum Gasteiger partial charge on any atom is -0.504 e. The van der Waals surface area contributed by atoms with Gasteiger partial charge in [-0.25, -0.2) is 0 Å². The zero-order chi connectivity index (χ0) is 26.4. The standard InChI is InChI=1S/C27H30N4O6/c1-17-14-21(33)26(35)27(37-17)19(18-10-11-20(32)22(15-18)36-2)16-25(34)28-12-6-3-4-8-23-29-30-24-9-5-7-13-31(23)24/h5,7,9-11,13-15,19,32,35H,3-4,6,8,12,16H2,1-2H3,(H,28,34)/t19-/m0/s1. The Balaban J connectivity index is 1.37. The molecular formula is C27H30N4O6. The van der Waals surface area contributed by atoms with Crippen molar-refractivity contribution in [1.82, 2.24) is 19.9 Å². The number of nitrogens with zero attached hydrogens (tertiary/aromatic N) is 3. The first kappa shape index (κ1) is 25.7. The van der Waals surface area contributed by atoms with E-state index in [4.69, 9.17) is 9.15 Å². The van der Waals surface area contributed by atoms with Gasteiger partial charge in [0.15, 0.2) is 22.9 Å². The number of nitrogens with one attached hydrogen (secondary N) is 1. The molecule has 37 heavy (non-hydrogen) atoms. The normalized spacial score (nSPS) is 11.9. The summed E-state index contributed by atoms with van der Waals surface area (Å²) in [5.74, 6) is -0.209. The lowest BCUT2D eigenvalue weighted by molar-refractivity contribution is -0.121. The van der Waals surface area contributed by atoms with Gasteiger partial charge in [-0.15, -0.1) is 10.2 Å². The molecule has 0 saturated heterocycles. The minimum atomic E-state index is -0.761. The van der Waals surface area contributed by atoms with Crippen molar-refractivity contribution >= 4 is 11.6 Å². The van der Waals surface area contributed by atoms with E-state index < -0.39 is 17.1 Å². The molecule has 10 heteroatoms. The van der Waals surface area contributed by atoms with Gasteiger partial charge in [-0.2, -0.15) is 0 Å². The van der Waals surface area contributed by atoms with E-state index in [1.54, 1.807) is 19.1 Å². The molecule has 0 bridgehead atoms. The van der Waals surface area contributed by atoms with Crippen LogP contribution in [0.3, 0.4) is 0 Å². The summed E-state index contributed by atoms with van der Waals surface area (Å²) in [6.07, 6.45) is 5.25. The average Bonchev–Trinajstić information content (AvgIpc) is 3.30. The van der Waals surface area contributed by atoms with Gasteiger partial charge in [-0.3, -0.25) is 14.0 Å². The molecule has 0 unspecified atom stereocenters. The fourth-order valence-corrected chi connectivity index (χ4v) is 4.27. The monoisotopic (exact) mass is 506 g/mol. The third-order valence-electron chi connectivity index (χ3n) is 6.17. The van der Waals surface area contributed by atoms with Gasteiger partial charge in [0.2, 0.25) is 17.1 Å². The highest BCUT2D eigenvalue weighted by atomic mass is 16.5. The third-order valence-corrected chi connectivity index (χ3v) is 6.17. The Bertz CT molecular complexity index is 1440. The van der Waals surface area contributed by atoms with Gasteiger partial charge in [0.25, 0.3) is 0 Å². The Morgan fingerprint density at radius 1 is 1.14 bits per heavy atom. The maximum atomic E-state index is 12.9. The van der Waals surface area contributed by atoms with Gasteiger partial charge in [-0.1, -0.05) is 18.6 Å². The van der Waals surface area contributed by atoms with E-state index in [1.807, 2.05) is 28.8 Å². The Kier molecular flexibility index (Phi) is 8.07. The summed E-state index contributed by atoms with van der Waals surface area (Å²) >= 11 is 0. The van der Waals surface area contributed by atoms with E-state index >= 15 is 0 Å². The van der Waals surface area contributed by atoms with Crippen LogP contribution in [0.1, 0.15) is 54.5 Å². The summed E-state index contributed by atoms with van der Waals surface area (Å²) in [7, 11) is 1.41. The van der Waals surface area contributed by atoms with Crippen LogP contribution >= 0.6 is 0 Å². The zero-order valence-corrected chi connectivity index (χ0v) is 20.8. The number of aryl methyl sites for hydroxylation is 2. The summed E-state index contributed by atoms with van der Waals surface area (Å²) < 4.78 is 12.9. The number of hydrogen-bond donors (Lipinski definition) is 3. The lowest BCUT2D eigenvalue weighted by Crippen LogP contribution is -2.26. The van der Waals surface area contributed by atoms with Crippen molar-refractivity contribution in [3.8, 4) is 17.2 Å². The molecule has 4 rings (SSSR count). The largest absolute Gasteiger partial charge is 0.504 e. The summed E-state index contributed by atoms with van der Waals surface area (Å²) in [6, 6.07) is 11.6. The van der Waals surface area contributed by atoms with Crippen LogP contribution in [0.2, 0.25) is 0 Å². The quantitative estimate of drug-likeness (QED) is 0.263. The van der Waals surface area contributed by atoms with Crippen LogP contribution in [0.15, 0.2) is 57.9 Å². The molecule has 1 atom stereocenters. The predicted molar refractivity (Wildman–Crippen MR) is 136 cm³/mol. The number of hydrogen-bond acceptors (Lipinski definition) is 8. The molecule has 3 heterocycles. The number of carbonyl (C=O) groups excluding carboxylic acids is 1. The van der Waals surface area contributed by atoms with Crippen molar-refractivity contribution in [3.63, 3.8) is 0 Å². The lowest BCUT2D eigenvalue weighted by atomic mass is 9.91. The highest BCUT2D eigenvalue weighted by molar-refractivity contribution is 5.77. The van der Waals surface area contributed by atoms with Gasteiger partial charge in [0.05, 0.1) is 13.0 Å². The maximum absolute atomic E-state index is 12.9. The van der Waals surface area contributed by atoms with E-state index in [0.717, 1.165) is 37.2 Å².